The van der Waals surface area contributed by atoms with Crippen molar-refractivity contribution in [3.63, 3.8) is 0 Å². The summed E-state index contributed by atoms with van der Waals surface area (Å²) in [5.74, 6) is 0.708. The lowest BCUT2D eigenvalue weighted by Gasteiger charge is -2.18. The number of hydrogen-bond donors (Lipinski definition) is 1. The fourth-order valence-electron chi connectivity index (χ4n) is 2.58. The van der Waals surface area contributed by atoms with Crippen molar-refractivity contribution in [3.8, 4) is 5.75 Å². The topological polar surface area (TPSA) is 90.7 Å². The molecule has 3 rings (SSSR count). The Morgan fingerprint density at radius 3 is 2.43 bits per heavy atom. The summed E-state index contributed by atoms with van der Waals surface area (Å²) in [6.07, 6.45) is -0.713. The molecule has 0 radical (unpaired) electrons. The van der Waals surface area contributed by atoms with E-state index in [1.54, 1.807) is 37.3 Å². The van der Waals surface area contributed by atoms with Gasteiger partial charge in [0.25, 0.3) is 5.91 Å². The summed E-state index contributed by atoms with van der Waals surface area (Å²) in [6, 6.07) is 17.7. The zero-order valence-corrected chi connectivity index (χ0v) is 15.5. The number of ether oxygens (including phenoxy) is 2. The zero-order chi connectivity index (χ0) is 19.9. The Morgan fingerprint density at radius 2 is 1.82 bits per heavy atom. The van der Waals surface area contributed by atoms with Crippen LogP contribution >= 0.6 is 0 Å². The highest BCUT2D eigenvalue weighted by Crippen LogP contribution is 2.24. The van der Waals surface area contributed by atoms with Crippen LogP contribution in [0.3, 0.4) is 0 Å². The van der Waals surface area contributed by atoms with Crippen LogP contribution in [0, 0.1) is 6.92 Å². The van der Waals surface area contributed by atoms with Crippen molar-refractivity contribution >= 4 is 17.7 Å². The van der Waals surface area contributed by atoms with Crippen LogP contribution < -0.4 is 10.1 Å². The monoisotopic (exact) mass is 380 g/mol. The summed E-state index contributed by atoms with van der Waals surface area (Å²) in [4.78, 5) is 24.2. The number of nitrogens with one attached hydrogen (secondary N) is 1. The molecule has 0 bridgehead atoms. The third-order valence-electron chi connectivity index (χ3n) is 3.97. The average molecular weight is 380 g/mol. The van der Waals surface area contributed by atoms with Gasteiger partial charge in [0.05, 0.1) is 13.5 Å². The standard InChI is InChI=1S/C21H20N2O5/c1-14-12-18(23-28-14)22-21(25)20(16-6-4-3-5-7-16)27-17-10-8-15(9-11-17)13-19(24)26-2/h3-12,20H,13H2,1-2H3,(H,22,23,25)/t20-/m1/s1. The minimum Gasteiger partial charge on any atom is -0.476 e. The van der Waals surface area contributed by atoms with Crippen LogP contribution in [0.4, 0.5) is 5.82 Å². The zero-order valence-electron chi connectivity index (χ0n) is 15.5. The molecule has 1 N–H and O–H groups in total. The van der Waals surface area contributed by atoms with Crippen LogP contribution in [-0.4, -0.2) is 24.1 Å². The van der Waals surface area contributed by atoms with Gasteiger partial charge in [-0.2, -0.15) is 0 Å². The van der Waals surface area contributed by atoms with Crippen LogP contribution in [0.5, 0.6) is 5.75 Å². The van der Waals surface area contributed by atoms with Crippen molar-refractivity contribution in [2.45, 2.75) is 19.4 Å². The first kappa shape index (κ1) is 19.2. The number of rotatable bonds is 7. The summed E-state index contributed by atoms with van der Waals surface area (Å²) >= 11 is 0. The molecule has 0 aliphatic rings. The van der Waals surface area contributed by atoms with Gasteiger partial charge in [0.1, 0.15) is 11.5 Å². The minimum absolute atomic E-state index is 0.172. The first-order chi connectivity index (χ1) is 13.5. The number of amides is 1. The highest BCUT2D eigenvalue weighted by molar-refractivity contribution is 5.94. The molecule has 0 aliphatic carbocycles. The van der Waals surface area contributed by atoms with Crippen molar-refractivity contribution in [2.75, 3.05) is 12.4 Å². The molecule has 1 atom stereocenters. The van der Waals surface area contributed by atoms with Crippen molar-refractivity contribution in [1.29, 1.82) is 0 Å². The quantitative estimate of drug-likeness (QED) is 0.631. The van der Waals surface area contributed by atoms with E-state index in [0.717, 1.165) is 5.56 Å². The Labute approximate surface area is 162 Å². The largest absolute Gasteiger partial charge is 0.476 e. The fraction of sp³-hybridized carbons (Fsp3) is 0.190. The molecule has 0 unspecified atom stereocenters. The Kier molecular flexibility index (Phi) is 6.06. The van der Waals surface area contributed by atoms with Gasteiger partial charge in [-0.05, 0) is 24.6 Å². The molecule has 0 aliphatic heterocycles. The molecular formula is C21H20N2O5. The van der Waals surface area contributed by atoms with E-state index in [4.69, 9.17) is 9.26 Å². The normalized spacial score (nSPS) is 11.5. The van der Waals surface area contributed by atoms with Crippen molar-refractivity contribution in [1.82, 2.24) is 5.16 Å². The maximum absolute atomic E-state index is 12.8. The third kappa shape index (κ3) is 4.97. The summed E-state index contributed by atoms with van der Waals surface area (Å²) in [5.41, 5.74) is 1.48. The first-order valence-electron chi connectivity index (χ1n) is 8.66. The number of anilines is 1. The lowest BCUT2D eigenvalue weighted by molar-refractivity contribution is -0.139. The first-order valence-corrected chi connectivity index (χ1v) is 8.66. The molecule has 0 fully saturated rings. The van der Waals surface area contributed by atoms with Gasteiger partial charge in [0.2, 0.25) is 6.10 Å². The second kappa shape index (κ2) is 8.85. The SMILES string of the molecule is COC(=O)Cc1ccc(O[C@@H](C(=O)Nc2cc(C)on2)c2ccccc2)cc1. The second-order valence-corrected chi connectivity index (χ2v) is 6.12. The Morgan fingerprint density at radius 1 is 1.11 bits per heavy atom. The molecule has 7 heteroatoms. The van der Waals surface area contributed by atoms with Crippen LogP contribution in [0.15, 0.2) is 65.2 Å². The molecule has 144 valence electrons. The molecule has 28 heavy (non-hydrogen) atoms. The Hall–Kier alpha value is -3.61. The van der Waals surface area contributed by atoms with E-state index in [9.17, 15) is 9.59 Å². The van der Waals surface area contributed by atoms with Gasteiger partial charge < -0.3 is 19.3 Å². The van der Waals surface area contributed by atoms with E-state index in [2.05, 4.69) is 15.2 Å². The number of hydrogen-bond acceptors (Lipinski definition) is 6. The van der Waals surface area contributed by atoms with Gasteiger partial charge in [0, 0.05) is 11.6 Å². The fourth-order valence-corrected chi connectivity index (χ4v) is 2.58. The van der Waals surface area contributed by atoms with Crippen LogP contribution in [0.1, 0.15) is 23.0 Å². The molecule has 3 aromatic rings. The van der Waals surface area contributed by atoms with E-state index in [0.29, 0.717) is 22.9 Å². The number of carbonyl (C=O) groups is 2. The summed E-state index contributed by atoms with van der Waals surface area (Å²) in [5, 5.41) is 6.48. The maximum atomic E-state index is 12.8. The molecule has 1 amide bonds. The highest BCUT2D eigenvalue weighted by atomic mass is 16.5. The summed E-state index contributed by atoms with van der Waals surface area (Å²) in [6.45, 7) is 1.74. The van der Waals surface area contributed by atoms with Crippen LogP contribution in [0.2, 0.25) is 0 Å². The third-order valence-corrected chi connectivity index (χ3v) is 3.97. The molecule has 0 spiro atoms. The van der Waals surface area contributed by atoms with Crippen LogP contribution in [0.25, 0.3) is 0 Å². The van der Waals surface area contributed by atoms with Crippen LogP contribution in [-0.2, 0) is 20.7 Å². The summed E-state index contributed by atoms with van der Waals surface area (Å²) < 4.78 is 15.6. The van der Waals surface area contributed by atoms with E-state index >= 15 is 0 Å². The second-order valence-electron chi connectivity index (χ2n) is 6.12. The average Bonchev–Trinajstić information content (AvgIpc) is 3.12. The van der Waals surface area contributed by atoms with Crippen molar-refractivity contribution in [3.05, 3.63) is 77.6 Å². The van der Waals surface area contributed by atoms with Gasteiger partial charge in [-0.3, -0.25) is 9.59 Å². The number of methoxy groups -OCH3 is 1. The number of esters is 1. The summed E-state index contributed by atoms with van der Waals surface area (Å²) in [7, 11) is 1.35. The van der Waals surface area contributed by atoms with E-state index < -0.39 is 6.10 Å². The van der Waals surface area contributed by atoms with Crippen molar-refractivity contribution < 1.29 is 23.6 Å². The Balaban J connectivity index is 1.77. The highest BCUT2D eigenvalue weighted by Gasteiger charge is 2.24. The van der Waals surface area contributed by atoms with Gasteiger partial charge in [-0.1, -0.05) is 47.6 Å². The van der Waals surface area contributed by atoms with E-state index in [1.807, 2.05) is 30.3 Å². The lowest BCUT2D eigenvalue weighted by Crippen LogP contribution is -2.25. The van der Waals surface area contributed by atoms with Gasteiger partial charge >= 0.3 is 5.97 Å². The van der Waals surface area contributed by atoms with Gasteiger partial charge in [0.15, 0.2) is 5.82 Å². The number of carbonyl (C=O) groups excluding carboxylic acids is 2. The predicted octanol–water partition coefficient (Wildman–Crippen LogP) is 3.46. The van der Waals surface area contributed by atoms with Gasteiger partial charge in [-0.15, -0.1) is 0 Å². The number of aromatic nitrogens is 1. The van der Waals surface area contributed by atoms with E-state index in [-0.39, 0.29) is 18.3 Å². The molecule has 0 saturated heterocycles. The molecule has 7 nitrogen and oxygen atoms in total. The molecule has 2 aromatic carbocycles. The minimum atomic E-state index is -0.885. The maximum Gasteiger partial charge on any atom is 0.309 e. The smallest absolute Gasteiger partial charge is 0.309 e. The predicted molar refractivity (Wildman–Crippen MR) is 102 cm³/mol. The van der Waals surface area contributed by atoms with Gasteiger partial charge in [-0.25, -0.2) is 0 Å². The lowest BCUT2D eigenvalue weighted by atomic mass is 10.1. The molecular weight excluding hydrogens is 360 g/mol. The number of benzene rings is 2. The van der Waals surface area contributed by atoms with E-state index in [1.165, 1.54) is 7.11 Å². The van der Waals surface area contributed by atoms with Crippen molar-refractivity contribution in [2.24, 2.45) is 0 Å². The number of nitrogens with zero attached hydrogens (tertiary/aromatic N) is 1. The number of aryl methyl sites for hydroxylation is 1. The Bertz CT molecular complexity index is 935. The molecule has 1 aromatic heterocycles. The molecule has 0 saturated carbocycles. The molecule has 1 heterocycles.